The van der Waals surface area contributed by atoms with Gasteiger partial charge in [-0.3, -0.25) is 9.00 Å². The highest BCUT2D eigenvalue weighted by atomic mass is 35.5. The van der Waals surface area contributed by atoms with Crippen LogP contribution >= 0.6 is 22.9 Å². The second-order valence-corrected chi connectivity index (χ2v) is 6.64. The summed E-state index contributed by atoms with van der Waals surface area (Å²) in [5.74, 6) is -0.746. The van der Waals surface area contributed by atoms with E-state index in [0.29, 0.717) is 14.1 Å². The Hall–Kier alpha value is -1.04. The van der Waals surface area contributed by atoms with Gasteiger partial charge in [0.1, 0.15) is 5.82 Å². The average Bonchev–Trinajstić information content (AvgIpc) is 2.76. The maximum Gasteiger partial charge on any atom is 0.185 e. The summed E-state index contributed by atoms with van der Waals surface area (Å²) >= 11 is 6.88. The van der Waals surface area contributed by atoms with Crippen molar-refractivity contribution in [1.29, 1.82) is 0 Å². The zero-order chi connectivity index (χ0) is 13.1. The summed E-state index contributed by atoms with van der Waals surface area (Å²) < 4.78 is 25.1. The van der Waals surface area contributed by atoms with E-state index >= 15 is 0 Å². The third kappa shape index (κ3) is 3.25. The molecule has 0 bridgehead atoms. The number of carbonyl (C=O) groups is 1. The van der Waals surface area contributed by atoms with Crippen LogP contribution in [0.15, 0.2) is 41.3 Å². The molecule has 0 amide bonds. The van der Waals surface area contributed by atoms with Crippen molar-refractivity contribution in [2.75, 3.05) is 5.75 Å². The molecular formula is C12H8ClFO2S2. The maximum absolute atomic E-state index is 12.7. The van der Waals surface area contributed by atoms with E-state index in [-0.39, 0.29) is 11.5 Å². The van der Waals surface area contributed by atoms with Crippen molar-refractivity contribution in [2.24, 2.45) is 0 Å². The van der Waals surface area contributed by atoms with E-state index in [2.05, 4.69) is 0 Å². The number of carbonyl (C=O) groups excluding carboxylic acids is 1. The Morgan fingerprint density at radius 2 is 1.89 bits per heavy atom. The molecule has 0 fully saturated rings. The number of hydrogen-bond acceptors (Lipinski definition) is 3. The summed E-state index contributed by atoms with van der Waals surface area (Å²) in [6.07, 6.45) is 0. The Kier molecular flexibility index (Phi) is 4.27. The molecule has 6 heteroatoms. The van der Waals surface area contributed by atoms with Gasteiger partial charge in [-0.25, -0.2) is 4.39 Å². The second kappa shape index (κ2) is 5.73. The van der Waals surface area contributed by atoms with Crippen LogP contribution in [0.25, 0.3) is 0 Å². The third-order valence-electron chi connectivity index (χ3n) is 2.19. The summed E-state index contributed by atoms with van der Waals surface area (Å²) in [6, 6.07) is 8.51. The van der Waals surface area contributed by atoms with Crippen LogP contribution in [0.3, 0.4) is 0 Å². The maximum atomic E-state index is 12.7. The number of benzene rings is 1. The van der Waals surface area contributed by atoms with E-state index in [1.54, 1.807) is 12.1 Å². The molecule has 0 aliphatic heterocycles. The summed E-state index contributed by atoms with van der Waals surface area (Å²) in [4.78, 5) is 12.7. The first-order chi connectivity index (χ1) is 8.56. The Morgan fingerprint density at radius 1 is 1.22 bits per heavy atom. The van der Waals surface area contributed by atoms with Gasteiger partial charge in [0, 0.05) is 4.90 Å². The molecule has 1 unspecified atom stereocenters. The molecule has 1 heterocycles. The third-order valence-corrected chi connectivity index (χ3v) is 4.78. The van der Waals surface area contributed by atoms with Crippen LogP contribution in [0.2, 0.25) is 4.34 Å². The topological polar surface area (TPSA) is 34.1 Å². The van der Waals surface area contributed by atoms with Gasteiger partial charge < -0.3 is 0 Å². The van der Waals surface area contributed by atoms with Gasteiger partial charge in [-0.1, -0.05) is 11.6 Å². The molecule has 2 nitrogen and oxygen atoms in total. The Morgan fingerprint density at radius 3 is 2.44 bits per heavy atom. The quantitative estimate of drug-likeness (QED) is 0.810. The first-order valence-electron chi connectivity index (χ1n) is 4.99. The average molecular weight is 303 g/mol. The molecule has 0 radical (unpaired) electrons. The number of Topliss-reactive ketones (excluding diaryl/α,β-unsaturated/α-hetero) is 1. The van der Waals surface area contributed by atoms with E-state index in [1.807, 2.05) is 0 Å². The zero-order valence-corrected chi connectivity index (χ0v) is 11.4. The first kappa shape index (κ1) is 13.4. The van der Waals surface area contributed by atoms with Gasteiger partial charge in [-0.05, 0) is 36.4 Å². The Balaban J connectivity index is 2.08. The number of hydrogen-bond donors (Lipinski definition) is 0. The molecule has 0 saturated heterocycles. The molecular weight excluding hydrogens is 295 g/mol. The van der Waals surface area contributed by atoms with Crippen LogP contribution in [0, 0.1) is 5.82 Å². The van der Waals surface area contributed by atoms with Crippen LogP contribution in [-0.4, -0.2) is 15.7 Å². The predicted octanol–water partition coefficient (Wildman–Crippen LogP) is 3.53. The Labute approximate surface area is 115 Å². The Bertz CT molecular complexity index is 592. The summed E-state index contributed by atoms with van der Waals surface area (Å²) in [5, 5.41) is 0. The standard InChI is InChI=1S/C12H8ClFO2S2/c13-12-6-5-11(17-12)10(15)7-18(16)9-3-1-8(14)2-4-9/h1-6H,7H2. The van der Waals surface area contributed by atoms with Crippen molar-refractivity contribution in [3.63, 3.8) is 0 Å². The van der Waals surface area contributed by atoms with Crippen LogP contribution in [0.4, 0.5) is 4.39 Å². The van der Waals surface area contributed by atoms with E-state index in [9.17, 15) is 13.4 Å². The van der Waals surface area contributed by atoms with Crippen LogP contribution < -0.4 is 0 Å². The monoisotopic (exact) mass is 302 g/mol. The molecule has 0 N–H and O–H groups in total. The van der Waals surface area contributed by atoms with Crippen molar-refractivity contribution < 1.29 is 13.4 Å². The van der Waals surface area contributed by atoms with Crippen molar-refractivity contribution in [3.05, 3.63) is 51.4 Å². The van der Waals surface area contributed by atoms with Crippen LogP contribution in [0.5, 0.6) is 0 Å². The molecule has 0 aliphatic rings. The van der Waals surface area contributed by atoms with Gasteiger partial charge in [-0.15, -0.1) is 11.3 Å². The lowest BCUT2D eigenvalue weighted by Gasteiger charge is -2.00. The van der Waals surface area contributed by atoms with Gasteiger partial charge in [0.05, 0.1) is 25.8 Å². The molecule has 0 aliphatic carbocycles. The summed E-state index contributed by atoms with van der Waals surface area (Å²) in [7, 11) is -1.47. The molecule has 1 aromatic heterocycles. The number of halogens is 2. The molecule has 0 spiro atoms. The minimum absolute atomic E-state index is 0.123. The molecule has 2 aromatic rings. The van der Waals surface area contributed by atoms with Crippen molar-refractivity contribution in [1.82, 2.24) is 0 Å². The number of rotatable bonds is 4. The van der Waals surface area contributed by atoms with Gasteiger partial charge in [0.15, 0.2) is 5.78 Å². The van der Waals surface area contributed by atoms with E-state index < -0.39 is 16.6 Å². The molecule has 18 heavy (non-hydrogen) atoms. The highest BCUT2D eigenvalue weighted by Gasteiger charge is 2.14. The SMILES string of the molecule is O=C(CS(=O)c1ccc(F)cc1)c1ccc(Cl)s1. The lowest BCUT2D eigenvalue weighted by molar-refractivity contribution is 0.102. The van der Waals surface area contributed by atoms with Crippen molar-refractivity contribution in [2.45, 2.75) is 4.90 Å². The fourth-order valence-corrected chi connectivity index (χ4v) is 3.40. The van der Waals surface area contributed by atoms with Crippen molar-refractivity contribution in [3.8, 4) is 0 Å². The van der Waals surface area contributed by atoms with Crippen molar-refractivity contribution >= 4 is 39.5 Å². The lowest BCUT2D eigenvalue weighted by Crippen LogP contribution is -2.09. The smallest absolute Gasteiger partial charge is 0.185 e. The molecule has 1 atom stereocenters. The molecule has 1 aromatic carbocycles. The predicted molar refractivity (Wildman–Crippen MR) is 71.3 cm³/mol. The van der Waals surface area contributed by atoms with E-state index in [0.717, 1.165) is 11.3 Å². The van der Waals surface area contributed by atoms with E-state index in [1.165, 1.54) is 24.3 Å². The zero-order valence-electron chi connectivity index (χ0n) is 9.06. The fraction of sp³-hybridized carbons (Fsp3) is 0.0833. The summed E-state index contributed by atoms with van der Waals surface area (Å²) in [6.45, 7) is 0. The first-order valence-corrected chi connectivity index (χ1v) is 7.50. The molecule has 0 saturated carbocycles. The largest absolute Gasteiger partial charge is 0.292 e. The van der Waals surface area contributed by atoms with Gasteiger partial charge >= 0.3 is 0 Å². The minimum Gasteiger partial charge on any atom is -0.292 e. The second-order valence-electron chi connectivity index (χ2n) is 3.47. The number of ketones is 1. The lowest BCUT2D eigenvalue weighted by atomic mass is 10.3. The molecule has 2 rings (SSSR count). The van der Waals surface area contributed by atoms with Gasteiger partial charge in [0.25, 0.3) is 0 Å². The van der Waals surface area contributed by atoms with Gasteiger partial charge in [0.2, 0.25) is 0 Å². The molecule has 94 valence electrons. The van der Waals surface area contributed by atoms with Crippen LogP contribution in [-0.2, 0) is 10.8 Å². The van der Waals surface area contributed by atoms with E-state index in [4.69, 9.17) is 11.6 Å². The minimum atomic E-state index is -1.47. The number of thiophene rings is 1. The van der Waals surface area contributed by atoms with Crippen LogP contribution in [0.1, 0.15) is 9.67 Å². The summed E-state index contributed by atoms with van der Waals surface area (Å²) in [5.41, 5.74) is 0. The normalized spacial score (nSPS) is 12.3. The fourth-order valence-electron chi connectivity index (χ4n) is 1.32. The van der Waals surface area contributed by atoms with Gasteiger partial charge in [-0.2, -0.15) is 0 Å². The highest BCUT2D eigenvalue weighted by molar-refractivity contribution is 7.85. The highest BCUT2D eigenvalue weighted by Crippen LogP contribution is 2.22.